The van der Waals surface area contributed by atoms with E-state index in [9.17, 15) is 0 Å². The third-order valence-corrected chi connectivity index (χ3v) is 12.4. The zero-order valence-corrected chi connectivity index (χ0v) is 41.7. The van der Waals surface area contributed by atoms with Crippen LogP contribution in [0.4, 0.5) is 0 Å². The third-order valence-electron chi connectivity index (χ3n) is 11.1. The van der Waals surface area contributed by atoms with Crippen molar-refractivity contribution in [2.45, 2.75) is 66.2 Å². The van der Waals surface area contributed by atoms with E-state index in [0.29, 0.717) is 0 Å². The van der Waals surface area contributed by atoms with Crippen molar-refractivity contribution in [1.29, 1.82) is 0 Å². The van der Waals surface area contributed by atoms with E-state index in [0.717, 1.165) is 35.2 Å². The number of hydrogen-bond acceptors (Lipinski definition) is 0. The molecule has 10 aromatic rings. The fourth-order valence-corrected chi connectivity index (χ4v) is 8.65. The van der Waals surface area contributed by atoms with Gasteiger partial charge in [0, 0.05) is 0 Å². The second kappa shape index (κ2) is 26.4. The number of benzene rings is 8. The average Bonchev–Trinajstić information content (AvgIpc) is 4.00. The Labute approximate surface area is 406 Å². The fourth-order valence-electron chi connectivity index (χ4n) is 7.60. The predicted molar refractivity (Wildman–Crippen MR) is 282 cm³/mol. The summed E-state index contributed by atoms with van der Waals surface area (Å²) in [6, 6.07) is 74.1. The average molecular weight is 926 g/mol. The smallest absolute Gasteiger partial charge is 0.343 e. The van der Waals surface area contributed by atoms with Crippen LogP contribution in [0, 0.1) is 13.8 Å². The quantitative estimate of drug-likeness (QED) is 0.105. The summed E-state index contributed by atoms with van der Waals surface area (Å²) in [7, 11) is 0.777. The first-order chi connectivity index (χ1) is 31.0. The van der Waals surface area contributed by atoms with Gasteiger partial charge in [-0.15, -0.1) is 69.1 Å². The van der Waals surface area contributed by atoms with Crippen molar-refractivity contribution in [2.24, 2.45) is 0 Å². The van der Waals surface area contributed by atoms with Crippen LogP contribution in [-0.2, 0) is 39.0 Å². The summed E-state index contributed by atoms with van der Waals surface area (Å²) >= 11 is 0. The Balaban J connectivity index is 0.000000169. The first-order valence-electron chi connectivity index (χ1n) is 22.8. The topological polar surface area (TPSA) is 0 Å². The summed E-state index contributed by atoms with van der Waals surface area (Å²) < 4.78 is 0. The molecule has 0 atom stereocenters. The fraction of sp³-hybridized carbons (Fsp3) is 0.161. The minimum atomic E-state index is 0. The van der Waals surface area contributed by atoms with Crippen molar-refractivity contribution in [2.75, 3.05) is 0 Å². The maximum atomic E-state index is 3.60. The monoisotopic (exact) mass is 924 g/mol. The Bertz CT molecular complexity index is 2670. The van der Waals surface area contributed by atoms with Gasteiger partial charge in [-0.05, 0) is 45.5 Å². The van der Waals surface area contributed by atoms with Crippen LogP contribution in [-0.4, -0.2) is 9.52 Å². The maximum absolute atomic E-state index is 3.60. The van der Waals surface area contributed by atoms with Crippen LogP contribution < -0.4 is 10.4 Å². The van der Waals surface area contributed by atoms with Gasteiger partial charge in [-0.2, -0.15) is 25.0 Å². The van der Waals surface area contributed by atoms with Crippen LogP contribution in [0.3, 0.4) is 0 Å². The molecule has 0 aliphatic rings. The van der Waals surface area contributed by atoms with E-state index in [1.54, 1.807) is 0 Å². The van der Waals surface area contributed by atoms with Gasteiger partial charge in [-0.3, -0.25) is 0 Å². The van der Waals surface area contributed by atoms with Gasteiger partial charge < -0.3 is 13.8 Å². The largest absolute Gasteiger partial charge is 4.00 e. The SMILES string of the molecule is CCc1cc2c(-c3cccc4ccccc34)cccc2[cH-]1.CCc1cc2c(-c3cccc4ccccc34)cccc2[cH-]1.[CH2-]CCC.[CH2-]CCC.[Zr+4].c1ccc([Si]c2ccccc2)cc1. The number of hydrogen-bond donors (Lipinski definition) is 0. The van der Waals surface area contributed by atoms with Crippen molar-refractivity contribution in [3.05, 3.63) is 231 Å². The second-order valence-electron chi connectivity index (χ2n) is 15.7. The number of aryl methyl sites for hydroxylation is 2. The molecule has 0 saturated carbocycles. The van der Waals surface area contributed by atoms with Crippen LogP contribution in [0.1, 0.15) is 64.5 Å². The molecule has 0 aliphatic carbocycles. The van der Waals surface area contributed by atoms with E-state index in [1.165, 1.54) is 99.7 Å². The number of unbranched alkanes of at least 4 members (excludes halogenated alkanes) is 2. The molecule has 0 saturated heterocycles. The van der Waals surface area contributed by atoms with Gasteiger partial charge in [0.2, 0.25) is 0 Å². The zero-order chi connectivity index (χ0) is 44.2. The van der Waals surface area contributed by atoms with E-state index in [-0.39, 0.29) is 26.2 Å². The Kier molecular flexibility index (Phi) is 20.5. The normalized spacial score (nSPS) is 10.3. The molecule has 10 rings (SSSR count). The molecule has 0 N–H and O–H groups in total. The first-order valence-corrected chi connectivity index (χ1v) is 23.8. The Morgan fingerprint density at radius 3 is 1.05 bits per heavy atom. The van der Waals surface area contributed by atoms with Crippen LogP contribution >= 0.6 is 0 Å². The number of fused-ring (bicyclic) bond motifs is 4. The Morgan fingerprint density at radius 2 is 0.688 bits per heavy atom. The van der Waals surface area contributed by atoms with E-state index in [4.69, 9.17) is 0 Å². The second-order valence-corrected chi connectivity index (χ2v) is 17.1. The summed E-state index contributed by atoms with van der Waals surface area (Å²) in [4.78, 5) is 0. The summed E-state index contributed by atoms with van der Waals surface area (Å²) in [5, 5.41) is 13.5. The van der Waals surface area contributed by atoms with Crippen LogP contribution in [0.5, 0.6) is 0 Å². The zero-order valence-electron chi connectivity index (χ0n) is 38.3. The van der Waals surface area contributed by atoms with Crippen molar-refractivity contribution >= 4 is 63.0 Å². The molecule has 0 aromatic heterocycles. The van der Waals surface area contributed by atoms with E-state index in [1.807, 2.05) is 0 Å². The molecular formula is C62H62SiZr. The van der Waals surface area contributed by atoms with Crippen molar-refractivity contribution in [1.82, 2.24) is 0 Å². The van der Waals surface area contributed by atoms with Crippen molar-refractivity contribution in [3.63, 3.8) is 0 Å². The van der Waals surface area contributed by atoms with E-state index >= 15 is 0 Å². The van der Waals surface area contributed by atoms with Gasteiger partial charge in [-0.1, -0.05) is 220 Å². The molecule has 10 aromatic carbocycles. The van der Waals surface area contributed by atoms with Gasteiger partial charge in [0.15, 0.2) is 0 Å². The Hall–Kier alpha value is -5.40. The molecule has 318 valence electrons. The molecule has 0 heterocycles. The molecule has 0 fully saturated rings. The molecule has 0 bridgehead atoms. The predicted octanol–water partition coefficient (Wildman–Crippen LogP) is 16.5. The molecule has 0 amide bonds. The molecule has 0 aliphatic heterocycles. The maximum Gasteiger partial charge on any atom is 4.00 e. The molecule has 0 spiro atoms. The van der Waals surface area contributed by atoms with Gasteiger partial charge in [0.05, 0.1) is 0 Å². The van der Waals surface area contributed by atoms with Gasteiger partial charge >= 0.3 is 26.2 Å². The van der Waals surface area contributed by atoms with Crippen LogP contribution in [0.15, 0.2) is 206 Å². The number of rotatable bonds is 8. The third kappa shape index (κ3) is 13.3. The van der Waals surface area contributed by atoms with Crippen LogP contribution in [0.2, 0.25) is 0 Å². The summed E-state index contributed by atoms with van der Waals surface area (Å²) in [6.45, 7) is 15.9. The van der Waals surface area contributed by atoms with Gasteiger partial charge in [0.25, 0.3) is 0 Å². The van der Waals surface area contributed by atoms with E-state index in [2.05, 4.69) is 248 Å². The summed E-state index contributed by atoms with van der Waals surface area (Å²) in [6.07, 6.45) is 6.73. The molecular weight excluding hydrogens is 864 g/mol. The van der Waals surface area contributed by atoms with Gasteiger partial charge in [0.1, 0.15) is 9.52 Å². The molecule has 2 heteroatoms. The molecule has 0 unspecified atom stereocenters. The van der Waals surface area contributed by atoms with Crippen LogP contribution in [0.25, 0.3) is 65.3 Å². The Morgan fingerprint density at radius 1 is 0.375 bits per heavy atom. The molecule has 2 radical (unpaired) electrons. The van der Waals surface area contributed by atoms with Crippen molar-refractivity contribution in [3.8, 4) is 22.3 Å². The standard InChI is InChI=1S/2C21H17.C12H10Si.2C4H9.Zr/c2*1-2-15-13-17-9-6-12-20(21(17)14-15)19-11-5-8-16-7-3-4-10-18(16)19;1-3-7-11(8-4-1)13-12-9-5-2-6-10-12;2*1-3-4-2;/h2*3-14H,2H2,1H3;1-10H;2*1,3-4H2,2H3;/q2*-1;;2*-1;+4. The molecule has 0 nitrogen and oxygen atoms in total. The minimum Gasteiger partial charge on any atom is -0.343 e. The van der Waals surface area contributed by atoms with Gasteiger partial charge in [-0.25, -0.2) is 0 Å². The molecule has 64 heavy (non-hydrogen) atoms. The summed E-state index contributed by atoms with van der Waals surface area (Å²) in [5.41, 5.74) is 8.15. The van der Waals surface area contributed by atoms with Crippen molar-refractivity contribution < 1.29 is 26.2 Å². The minimum absolute atomic E-state index is 0. The summed E-state index contributed by atoms with van der Waals surface area (Å²) in [5.74, 6) is 0. The van der Waals surface area contributed by atoms with E-state index < -0.39 is 0 Å². The first kappa shape index (κ1) is 49.6.